The minimum Gasteiger partial charge on any atom is -0.255 e. The fourth-order valence-corrected chi connectivity index (χ4v) is 2.68. The molecule has 20 heavy (non-hydrogen) atoms. The topological polar surface area (TPSA) is 25.8 Å². The minimum atomic E-state index is 0.596. The number of para-hydroxylation sites is 1. The van der Waals surface area contributed by atoms with Crippen LogP contribution in [0.15, 0.2) is 36.5 Å². The Morgan fingerprint density at radius 1 is 1.05 bits per heavy atom. The lowest BCUT2D eigenvalue weighted by molar-refractivity contribution is 1.23. The van der Waals surface area contributed by atoms with Crippen LogP contribution >= 0.6 is 23.2 Å². The van der Waals surface area contributed by atoms with Gasteiger partial charge in [-0.25, -0.2) is 4.98 Å². The van der Waals surface area contributed by atoms with Crippen LogP contribution in [0.5, 0.6) is 0 Å². The zero-order valence-corrected chi connectivity index (χ0v) is 12.6. The molecule has 0 aliphatic rings. The van der Waals surface area contributed by atoms with Gasteiger partial charge in [0.25, 0.3) is 0 Å². The van der Waals surface area contributed by atoms with E-state index in [0.717, 1.165) is 27.9 Å². The van der Waals surface area contributed by atoms with Gasteiger partial charge in [0, 0.05) is 11.6 Å². The highest BCUT2D eigenvalue weighted by Crippen LogP contribution is 2.34. The predicted molar refractivity (Wildman–Crippen MR) is 84.5 cm³/mol. The van der Waals surface area contributed by atoms with Gasteiger partial charge in [-0.05, 0) is 43.2 Å². The van der Waals surface area contributed by atoms with Gasteiger partial charge in [0.2, 0.25) is 0 Å². The molecule has 1 aromatic carbocycles. The van der Waals surface area contributed by atoms with Gasteiger partial charge in [0.1, 0.15) is 0 Å². The van der Waals surface area contributed by atoms with Gasteiger partial charge in [0.05, 0.1) is 26.9 Å². The molecular formula is C16H12Cl2N2. The van der Waals surface area contributed by atoms with Crippen molar-refractivity contribution in [1.29, 1.82) is 0 Å². The summed E-state index contributed by atoms with van der Waals surface area (Å²) in [4.78, 5) is 9.05. The number of hydrogen-bond acceptors (Lipinski definition) is 2. The molecule has 0 saturated heterocycles. The number of aryl methyl sites for hydroxylation is 1. The first kappa shape index (κ1) is 13.3. The number of nitrogens with zero attached hydrogens (tertiary/aromatic N) is 2. The van der Waals surface area contributed by atoms with E-state index in [0.29, 0.717) is 15.6 Å². The van der Waals surface area contributed by atoms with Crippen LogP contribution in [0.1, 0.15) is 11.1 Å². The number of hydrogen-bond donors (Lipinski definition) is 0. The number of halogens is 2. The van der Waals surface area contributed by atoms with E-state index in [2.05, 4.69) is 9.97 Å². The standard InChI is InChI=1S/C16H12Cl2N2/c1-9-6-7-19-13(8-9)15-10(2)14(18)11-4-3-5-12(17)16(11)20-15/h3-8H,1-2H3. The molecule has 0 amide bonds. The van der Waals surface area contributed by atoms with Crippen LogP contribution < -0.4 is 0 Å². The van der Waals surface area contributed by atoms with Crippen LogP contribution in [0, 0.1) is 13.8 Å². The van der Waals surface area contributed by atoms with Crippen LogP contribution in [0.2, 0.25) is 10.0 Å². The largest absolute Gasteiger partial charge is 0.255 e. The number of benzene rings is 1. The van der Waals surface area contributed by atoms with Crippen LogP contribution in [0.3, 0.4) is 0 Å². The summed E-state index contributed by atoms with van der Waals surface area (Å²) in [6.07, 6.45) is 1.77. The lowest BCUT2D eigenvalue weighted by Gasteiger charge is -2.11. The summed E-state index contributed by atoms with van der Waals surface area (Å²) in [5.74, 6) is 0. The molecule has 0 aliphatic heterocycles. The van der Waals surface area contributed by atoms with Gasteiger partial charge in [-0.15, -0.1) is 0 Å². The summed E-state index contributed by atoms with van der Waals surface area (Å²) in [6.45, 7) is 3.98. The zero-order valence-electron chi connectivity index (χ0n) is 11.1. The van der Waals surface area contributed by atoms with Gasteiger partial charge in [0.15, 0.2) is 0 Å². The van der Waals surface area contributed by atoms with Crippen LogP contribution in [0.4, 0.5) is 0 Å². The molecule has 0 atom stereocenters. The number of fused-ring (bicyclic) bond motifs is 1. The normalized spacial score (nSPS) is 11.0. The lowest BCUT2D eigenvalue weighted by atomic mass is 10.1. The van der Waals surface area contributed by atoms with E-state index in [4.69, 9.17) is 23.2 Å². The second-order valence-corrected chi connectivity index (χ2v) is 5.54. The third-order valence-electron chi connectivity index (χ3n) is 3.29. The van der Waals surface area contributed by atoms with Gasteiger partial charge < -0.3 is 0 Å². The molecule has 3 aromatic rings. The van der Waals surface area contributed by atoms with Crippen LogP contribution in [-0.2, 0) is 0 Å². The molecule has 3 rings (SSSR count). The van der Waals surface area contributed by atoms with E-state index in [1.807, 2.05) is 44.2 Å². The van der Waals surface area contributed by atoms with E-state index >= 15 is 0 Å². The highest BCUT2D eigenvalue weighted by Gasteiger charge is 2.14. The fraction of sp³-hybridized carbons (Fsp3) is 0.125. The van der Waals surface area contributed by atoms with Crippen molar-refractivity contribution in [3.63, 3.8) is 0 Å². The molecule has 0 aliphatic carbocycles. The Hall–Kier alpha value is -1.64. The van der Waals surface area contributed by atoms with Crippen molar-refractivity contribution in [1.82, 2.24) is 9.97 Å². The van der Waals surface area contributed by atoms with Crippen molar-refractivity contribution in [2.75, 3.05) is 0 Å². The molecular weight excluding hydrogens is 291 g/mol. The number of aromatic nitrogens is 2. The average Bonchev–Trinajstić information content (AvgIpc) is 2.43. The van der Waals surface area contributed by atoms with Crippen molar-refractivity contribution >= 4 is 34.1 Å². The van der Waals surface area contributed by atoms with E-state index in [1.165, 1.54) is 0 Å². The summed E-state index contributed by atoms with van der Waals surface area (Å²) >= 11 is 12.7. The Bertz CT molecular complexity index is 813. The first-order valence-corrected chi connectivity index (χ1v) is 7.01. The van der Waals surface area contributed by atoms with Gasteiger partial charge in [-0.3, -0.25) is 4.98 Å². The molecule has 0 radical (unpaired) electrons. The SMILES string of the molecule is Cc1ccnc(-c2nc3c(Cl)cccc3c(Cl)c2C)c1. The lowest BCUT2D eigenvalue weighted by Crippen LogP contribution is -1.95. The summed E-state index contributed by atoms with van der Waals surface area (Å²) in [5.41, 5.74) is 4.35. The summed E-state index contributed by atoms with van der Waals surface area (Å²) in [5, 5.41) is 2.14. The van der Waals surface area contributed by atoms with E-state index in [9.17, 15) is 0 Å². The Balaban J connectivity index is 2.37. The Labute approximate surface area is 127 Å². The summed E-state index contributed by atoms with van der Waals surface area (Å²) in [6, 6.07) is 9.57. The molecule has 2 aromatic heterocycles. The highest BCUT2D eigenvalue weighted by atomic mass is 35.5. The highest BCUT2D eigenvalue weighted by molar-refractivity contribution is 6.39. The van der Waals surface area contributed by atoms with Crippen molar-refractivity contribution in [3.8, 4) is 11.4 Å². The summed E-state index contributed by atoms with van der Waals surface area (Å²) < 4.78 is 0. The number of pyridine rings is 2. The van der Waals surface area contributed by atoms with E-state index in [-0.39, 0.29) is 0 Å². The average molecular weight is 303 g/mol. The zero-order chi connectivity index (χ0) is 14.3. The summed E-state index contributed by atoms with van der Waals surface area (Å²) in [7, 11) is 0. The predicted octanol–water partition coefficient (Wildman–Crippen LogP) is 5.22. The molecule has 100 valence electrons. The second kappa shape index (κ2) is 5.04. The van der Waals surface area contributed by atoms with Crippen molar-refractivity contribution in [2.45, 2.75) is 13.8 Å². The van der Waals surface area contributed by atoms with E-state index in [1.54, 1.807) is 6.20 Å². The molecule has 0 spiro atoms. The van der Waals surface area contributed by atoms with Crippen molar-refractivity contribution in [2.24, 2.45) is 0 Å². The minimum absolute atomic E-state index is 0.596. The fourth-order valence-electron chi connectivity index (χ4n) is 2.22. The molecule has 0 saturated carbocycles. The maximum atomic E-state index is 6.47. The van der Waals surface area contributed by atoms with Gasteiger partial charge in [-0.1, -0.05) is 35.3 Å². The molecule has 2 nitrogen and oxygen atoms in total. The second-order valence-electron chi connectivity index (χ2n) is 4.75. The molecule has 0 unspecified atom stereocenters. The number of rotatable bonds is 1. The Morgan fingerprint density at radius 3 is 2.60 bits per heavy atom. The van der Waals surface area contributed by atoms with Crippen molar-refractivity contribution < 1.29 is 0 Å². The maximum absolute atomic E-state index is 6.47. The smallest absolute Gasteiger partial charge is 0.0938 e. The first-order chi connectivity index (χ1) is 9.58. The third-order valence-corrected chi connectivity index (χ3v) is 4.08. The quantitative estimate of drug-likeness (QED) is 0.616. The van der Waals surface area contributed by atoms with Gasteiger partial charge >= 0.3 is 0 Å². The van der Waals surface area contributed by atoms with Crippen molar-refractivity contribution in [3.05, 3.63) is 57.7 Å². The Morgan fingerprint density at radius 2 is 1.85 bits per heavy atom. The molecule has 2 heterocycles. The molecule has 0 bridgehead atoms. The van der Waals surface area contributed by atoms with E-state index < -0.39 is 0 Å². The Kier molecular flexibility index (Phi) is 3.36. The van der Waals surface area contributed by atoms with Crippen LogP contribution in [0.25, 0.3) is 22.3 Å². The van der Waals surface area contributed by atoms with Crippen LogP contribution in [-0.4, -0.2) is 9.97 Å². The molecule has 0 N–H and O–H groups in total. The third kappa shape index (κ3) is 2.15. The molecule has 0 fully saturated rings. The first-order valence-electron chi connectivity index (χ1n) is 6.25. The monoisotopic (exact) mass is 302 g/mol. The maximum Gasteiger partial charge on any atom is 0.0938 e. The van der Waals surface area contributed by atoms with Gasteiger partial charge in [-0.2, -0.15) is 0 Å². The molecule has 4 heteroatoms.